The molecule has 4 N–H and O–H groups in total. The van der Waals surface area contributed by atoms with Crippen LogP contribution < -0.4 is 16.4 Å². The highest BCUT2D eigenvalue weighted by Gasteiger charge is 2.26. The van der Waals surface area contributed by atoms with E-state index >= 15 is 0 Å². The molecule has 1 aromatic rings. The number of primary amides is 1. The van der Waals surface area contributed by atoms with Crippen LogP contribution in [0.4, 0.5) is 5.82 Å². The molecule has 0 atom stereocenters. The third-order valence-electron chi connectivity index (χ3n) is 2.75. The van der Waals surface area contributed by atoms with Crippen LogP contribution in [0.25, 0.3) is 0 Å². The van der Waals surface area contributed by atoms with Crippen molar-refractivity contribution in [3.8, 4) is 0 Å². The Morgan fingerprint density at radius 3 is 2.68 bits per heavy atom. The monoisotopic (exact) mass is 264 g/mol. The molecular weight excluding hydrogens is 244 g/mol. The number of rotatable bonds is 6. The van der Waals surface area contributed by atoms with E-state index in [1.54, 1.807) is 32.2 Å². The summed E-state index contributed by atoms with van der Waals surface area (Å²) < 4.78 is 0. The van der Waals surface area contributed by atoms with Gasteiger partial charge in [0.25, 0.3) is 5.91 Å². The minimum absolute atomic E-state index is 0.182. The molecule has 6 nitrogen and oxygen atoms in total. The molecule has 6 heteroatoms. The van der Waals surface area contributed by atoms with E-state index in [0.29, 0.717) is 17.9 Å². The molecule has 104 valence electrons. The maximum Gasteiger partial charge on any atom is 0.255 e. The number of nitrogens with one attached hydrogen (secondary N) is 2. The van der Waals surface area contributed by atoms with Crippen molar-refractivity contribution in [2.75, 3.05) is 18.4 Å². The van der Waals surface area contributed by atoms with Gasteiger partial charge in [-0.15, -0.1) is 0 Å². The van der Waals surface area contributed by atoms with Gasteiger partial charge in [0.05, 0.1) is 11.0 Å². The van der Waals surface area contributed by atoms with Gasteiger partial charge in [-0.3, -0.25) is 9.59 Å². The van der Waals surface area contributed by atoms with Crippen LogP contribution >= 0.6 is 0 Å². The minimum atomic E-state index is -0.782. The van der Waals surface area contributed by atoms with Gasteiger partial charge >= 0.3 is 0 Å². The van der Waals surface area contributed by atoms with Crippen LogP contribution in [0.2, 0.25) is 0 Å². The minimum Gasteiger partial charge on any atom is -0.370 e. The quantitative estimate of drug-likeness (QED) is 0.706. The fourth-order valence-electron chi connectivity index (χ4n) is 1.38. The fraction of sp³-hybridized carbons (Fsp3) is 0.462. The summed E-state index contributed by atoms with van der Waals surface area (Å²) in [6, 6.07) is 3.37. The van der Waals surface area contributed by atoms with Crippen LogP contribution in [-0.4, -0.2) is 29.9 Å². The second-order valence-corrected chi connectivity index (χ2v) is 4.86. The van der Waals surface area contributed by atoms with Crippen LogP contribution in [0.3, 0.4) is 0 Å². The molecule has 0 fully saturated rings. The fourth-order valence-corrected chi connectivity index (χ4v) is 1.38. The van der Waals surface area contributed by atoms with Gasteiger partial charge in [-0.1, -0.05) is 0 Å². The summed E-state index contributed by atoms with van der Waals surface area (Å²) in [5, 5.41) is 5.71. The van der Waals surface area contributed by atoms with Gasteiger partial charge < -0.3 is 16.4 Å². The predicted octanol–water partition coefficient (Wildman–Crippen LogP) is 0.755. The topological polar surface area (TPSA) is 97.1 Å². The summed E-state index contributed by atoms with van der Waals surface area (Å²) in [7, 11) is 0. The van der Waals surface area contributed by atoms with Crippen molar-refractivity contribution in [3.05, 3.63) is 23.9 Å². The third-order valence-corrected chi connectivity index (χ3v) is 2.75. The Morgan fingerprint density at radius 1 is 1.42 bits per heavy atom. The predicted molar refractivity (Wildman–Crippen MR) is 73.7 cm³/mol. The number of pyridine rings is 1. The summed E-state index contributed by atoms with van der Waals surface area (Å²) in [4.78, 5) is 27.4. The lowest BCUT2D eigenvalue weighted by molar-refractivity contribution is -0.125. The van der Waals surface area contributed by atoms with Crippen molar-refractivity contribution >= 4 is 17.6 Å². The second-order valence-electron chi connectivity index (χ2n) is 4.86. The lowest BCUT2D eigenvalue weighted by atomic mass is 9.92. The largest absolute Gasteiger partial charge is 0.370 e. The lowest BCUT2D eigenvalue weighted by Crippen LogP contribution is -2.42. The molecule has 0 aromatic carbocycles. The number of amides is 2. The number of hydrogen-bond acceptors (Lipinski definition) is 4. The molecule has 0 aliphatic heterocycles. The van der Waals surface area contributed by atoms with Crippen molar-refractivity contribution in [1.82, 2.24) is 10.3 Å². The van der Waals surface area contributed by atoms with Gasteiger partial charge in [-0.2, -0.15) is 0 Å². The maximum absolute atomic E-state index is 12.1. The van der Waals surface area contributed by atoms with Gasteiger partial charge in [-0.25, -0.2) is 4.98 Å². The number of anilines is 1. The molecule has 2 amide bonds. The molecule has 1 rings (SSSR count). The molecule has 0 spiro atoms. The average molecular weight is 264 g/mol. The van der Waals surface area contributed by atoms with E-state index < -0.39 is 11.3 Å². The van der Waals surface area contributed by atoms with Crippen molar-refractivity contribution in [1.29, 1.82) is 0 Å². The summed E-state index contributed by atoms with van der Waals surface area (Å²) in [6.45, 7) is 6.15. The van der Waals surface area contributed by atoms with Crippen LogP contribution in [0, 0.1) is 5.41 Å². The lowest BCUT2D eigenvalue weighted by Gasteiger charge is -2.21. The Hall–Kier alpha value is -2.11. The number of nitrogens with two attached hydrogens (primary N) is 1. The Morgan fingerprint density at radius 2 is 2.11 bits per heavy atom. The molecule has 0 saturated heterocycles. The SMILES string of the molecule is CCNc1ncccc1C(=O)NCC(C)(C)C(N)=O. The first-order chi connectivity index (χ1) is 8.88. The van der Waals surface area contributed by atoms with Crippen molar-refractivity contribution < 1.29 is 9.59 Å². The van der Waals surface area contributed by atoms with Crippen molar-refractivity contribution in [2.45, 2.75) is 20.8 Å². The number of nitrogens with zero attached hydrogens (tertiary/aromatic N) is 1. The van der Waals surface area contributed by atoms with E-state index in [4.69, 9.17) is 5.73 Å². The smallest absolute Gasteiger partial charge is 0.255 e. The Kier molecular flexibility index (Phi) is 4.86. The average Bonchev–Trinajstić information content (AvgIpc) is 2.37. The molecule has 19 heavy (non-hydrogen) atoms. The van der Waals surface area contributed by atoms with E-state index in [2.05, 4.69) is 15.6 Å². The molecule has 0 bridgehead atoms. The summed E-state index contributed by atoms with van der Waals surface area (Å²) >= 11 is 0. The molecule has 0 saturated carbocycles. The first kappa shape index (κ1) is 14.9. The molecule has 0 unspecified atom stereocenters. The van der Waals surface area contributed by atoms with E-state index in [9.17, 15) is 9.59 Å². The molecule has 1 aromatic heterocycles. The highest BCUT2D eigenvalue weighted by atomic mass is 16.2. The molecule has 0 aliphatic carbocycles. The van der Waals surface area contributed by atoms with E-state index in [0.717, 1.165) is 0 Å². The zero-order valence-electron chi connectivity index (χ0n) is 11.5. The Balaban J connectivity index is 2.76. The van der Waals surface area contributed by atoms with Gasteiger partial charge in [0, 0.05) is 19.3 Å². The van der Waals surface area contributed by atoms with Crippen molar-refractivity contribution in [3.63, 3.8) is 0 Å². The highest BCUT2D eigenvalue weighted by molar-refractivity contribution is 5.99. The summed E-state index contributed by atoms with van der Waals surface area (Å²) in [5.41, 5.74) is 4.92. The highest BCUT2D eigenvalue weighted by Crippen LogP contribution is 2.14. The van der Waals surface area contributed by atoms with Gasteiger partial charge in [0.1, 0.15) is 5.82 Å². The maximum atomic E-state index is 12.1. The first-order valence-corrected chi connectivity index (χ1v) is 6.15. The number of hydrogen-bond donors (Lipinski definition) is 3. The Labute approximate surface area is 112 Å². The summed E-state index contributed by atoms with van der Waals surface area (Å²) in [5.74, 6) is -0.205. The van der Waals surface area contributed by atoms with Crippen LogP contribution in [0.5, 0.6) is 0 Å². The van der Waals surface area contributed by atoms with Gasteiger partial charge in [0.2, 0.25) is 5.91 Å². The second kappa shape index (κ2) is 6.17. The number of carbonyl (C=O) groups excluding carboxylic acids is 2. The van der Waals surface area contributed by atoms with Crippen LogP contribution in [0.1, 0.15) is 31.1 Å². The molecular formula is C13H20N4O2. The first-order valence-electron chi connectivity index (χ1n) is 6.15. The normalized spacial score (nSPS) is 10.9. The molecule has 0 aliphatic rings. The van der Waals surface area contributed by atoms with Crippen LogP contribution in [0.15, 0.2) is 18.3 Å². The zero-order valence-corrected chi connectivity index (χ0v) is 11.5. The van der Waals surface area contributed by atoms with Gasteiger partial charge in [0.15, 0.2) is 0 Å². The molecule has 0 radical (unpaired) electrons. The van der Waals surface area contributed by atoms with E-state index in [1.807, 2.05) is 6.92 Å². The third kappa shape index (κ3) is 3.94. The van der Waals surface area contributed by atoms with E-state index in [1.165, 1.54) is 0 Å². The van der Waals surface area contributed by atoms with E-state index in [-0.39, 0.29) is 12.5 Å². The van der Waals surface area contributed by atoms with Crippen LogP contribution in [-0.2, 0) is 4.79 Å². The summed E-state index contributed by atoms with van der Waals surface area (Å²) in [6.07, 6.45) is 1.61. The number of aromatic nitrogens is 1. The standard InChI is InChI=1S/C13H20N4O2/c1-4-15-10-9(6-5-7-16-10)11(18)17-8-13(2,3)12(14)19/h5-7H,4,8H2,1-3H3,(H2,14,19)(H,15,16)(H,17,18). The van der Waals surface area contributed by atoms with Crippen molar-refractivity contribution in [2.24, 2.45) is 11.1 Å². The number of carbonyl (C=O) groups is 2. The Bertz CT molecular complexity index is 471. The molecule has 1 heterocycles. The zero-order chi connectivity index (χ0) is 14.5. The van der Waals surface area contributed by atoms with Gasteiger partial charge in [-0.05, 0) is 32.9 Å².